The molecule has 5 heteroatoms. The summed E-state index contributed by atoms with van der Waals surface area (Å²) in [4.78, 5) is 18.3. The van der Waals surface area contributed by atoms with Crippen LogP contribution in [-0.4, -0.2) is 39.1 Å². The Bertz CT molecular complexity index is 850. The molecule has 2 aromatic heterocycles. The fourth-order valence-electron chi connectivity index (χ4n) is 3.78. The highest BCUT2D eigenvalue weighted by atomic mass is 16.2. The lowest BCUT2D eigenvalue weighted by Crippen LogP contribution is -2.40. The quantitative estimate of drug-likeness (QED) is 0.778. The van der Waals surface area contributed by atoms with Crippen LogP contribution in [-0.2, 0) is 11.2 Å². The van der Waals surface area contributed by atoms with Crippen LogP contribution in [0.3, 0.4) is 0 Å². The summed E-state index contributed by atoms with van der Waals surface area (Å²) >= 11 is 0. The van der Waals surface area contributed by atoms with Gasteiger partial charge in [-0.1, -0.05) is 18.2 Å². The Morgan fingerprint density at radius 3 is 3.04 bits per heavy atom. The summed E-state index contributed by atoms with van der Waals surface area (Å²) in [5.41, 5.74) is 4.45. The van der Waals surface area contributed by atoms with Gasteiger partial charge in [0.05, 0.1) is 6.42 Å². The minimum Gasteiger partial charge on any atom is -0.358 e. The number of hydrogen-bond donors (Lipinski definition) is 2. The van der Waals surface area contributed by atoms with E-state index in [1.165, 1.54) is 0 Å². The largest absolute Gasteiger partial charge is 0.358 e. The zero-order valence-corrected chi connectivity index (χ0v) is 13.9. The molecule has 0 radical (unpaired) electrons. The third kappa shape index (κ3) is 2.70. The SMILES string of the molecule is Cc1[nH]c2ccccc2c1CC(=O)N1CCC[C@@H](c2ccn[nH]2)C1. The second-order valence-electron chi connectivity index (χ2n) is 6.64. The van der Waals surface area contributed by atoms with Gasteiger partial charge in [0.25, 0.3) is 0 Å². The van der Waals surface area contributed by atoms with Crippen LogP contribution in [0.25, 0.3) is 10.9 Å². The number of aryl methyl sites for hydroxylation is 1. The van der Waals surface area contributed by atoms with Gasteiger partial charge in [-0.2, -0.15) is 5.10 Å². The molecule has 1 fully saturated rings. The Hall–Kier alpha value is -2.56. The van der Waals surface area contributed by atoms with Gasteiger partial charge in [0.2, 0.25) is 5.91 Å². The molecule has 1 saturated heterocycles. The van der Waals surface area contributed by atoms with Crippen molar-refractivity contribution in [3.8, 4) is 0 Å². The van der Waals surface area contributed by atoms with E-state index in [-0.39, 0.29) is 5.91 Å². The van der Waals surface area contributed by atoms with E-state index < -0.39 is 0 Å². The van der Waals surface area contributed by atoms with Gasteiger partial charge in [0, 0.05) is 47.5 Å². The number of aromatic amines is 2. The van der Waals surface area contributed by atoms with Crippen molar-refractivity contribution >= 4 is 16.8 Å². The lowest BCUT2D eigenvalue weighted by Gasteiger charge is -2.32. The molecular formula is C19H22N4O. The van der Waals surface area contributed by atoms with E-state index in [9.17, 15) is 4.79 Å². The molecule has 0 bridgehead atoms. The molecule has 24 heavy (non-hydrogen) atoms. The summed E-state index contributed by atoms with van der Waals surface area (Å²) in [5, 5.41) is 8.25. The van der Waals surface area contributed by atoms with Crippen molar-refractivity contribution in [2.75, 3.05) is 13.1 Å². The molecule has 0 spiro atoms. The van der Waals surface area contributed by atoms with Gasteiger partial charge in [-0.15, -0.1) is 0 Å². The molecule has 3 aromatic rings. The van der Waals surface area contributed by atoms with Crippen molar-refractivity contribution in [1.29, 1.82) is 0 Å². The molecule has 2 N–H and O–H groups in total. The van der Waals surface area contributed by atoms with E-state index >= 15 is 0 Å². The maximum absolute atomic E-state index is 12.9. The first-order valence-corrected chi connectivity index (χ1v) is 8.55. The predicted octanol–water partition coefficient (Wildman–Crippen LogP) is 3.15. The van der Waals surface area contributed by atoms with Crippen molar-refractivity contribution < 1.29 is 4.79 Å². The number of fused-ring (bicyclic) bond motifs is 1. The van der Waals surface area contributed by atoms with Gasteiger partial charge >= 0.3 is 0 Å². The fourth-order valence-corrected chi connectivity index (χ4v) is 3.78. The first-order chi connectivity index (χ1) is 11.7. The van der Waals surface area contributed by atoms with Crippen LogP contribution in [0.5, 0.6) is 0 Å². The summed E-state index contributed by atoms with van der Waals surface area (Å²) < 4.78 is 0. The molecule has 0 saturated carbocycles. The number of likely N-dealkylation sites (tertiary alicyclic amines) is 1. The number of H-pyrrole nitrogens is 2. The lowest BCUT2D eigenvalue weighted by molar-refractivity contribution is -0.131. The summed E-state index contributed by atoms with van der Waals surface area (Å²) in [7, 11) is 0. The van der Waals surface area contributed by atoms with Crippen LogP contribution in [0.1, 0.15) is 35.7 Å². The predicted molar refractivity (Wildman–Crippen MR) is 93.9 cm³/mol. The normalized spacial score (nSPS) is 18.2. The highest BCUT2D eigenvalue weighted by Gasteiger charge is 2.26. The van der Waals surface area contributed by atoms with Crippen molar-refractivity contribution in [3.05, 3.63) is 53.5 Å². The Kier molecular flexibility index (Phi) is 3.84. The van der Waals surface area contributed by atoms with Crippen LogP contribution in [0.15, 0.2) is 36.5 Å². The molecule has 4 rings (SSSR count). The second-order valence-corrected chi connectivity index (χ2v) is 6.64. The van der Waals surface area contributed by atoms with Crippen molar-refractivity contribution in [2.45, 2.75) is 32.1 Å². The Morgan fingerprint density at radius 1 is 1.33 bits per heavy atom. The molecule has 5 nitrogen and oxygen atoms in total. The number of benzene rings is 1. The van der Waals surface area contributed by atoms with E-state index in [2.05, 4.69) is 27.3 Å². The third-order valence-corrected chi connectivity index (χ3v) is 5.09. The number of amides is 1. The summed E-state index contributed by atoms with van der Waals surface area (Å²) in [6.45, 7) is 3.68. The van der Waals surface area contributed by atoms with Crippen LogP contribution in [0.4, 0.5) is 0 Å². The van der Waals surface area contributed by atoms with Gasteiger partial charge in [-0.05, 0) is 37.5 Å². The van der Waals surface area contributed by atoms with E-state index in [0.717, 1.165) is 53.8 Å². The summed E-state index contributed by atoms with van der Waals surface area (Å²) in [6, 6.07) is 10.2. The highest BCUT2D eigenvalue weighted by Crippen LogP contribution is 2.27. The van der Waals surface area contributed by atoms with Crippen LogP contribution < -0.4 is 0 Å². The van der Waals surface area contributed by atoms with Gasteiger partial charge < -0.3 is 9.88 Å². The molecule has 1 aliphatic heterocycles. The average Bonchev–Trinajstić information content (AvgIpc) is 3.24. The van der Waals surface area contributed by atoms with Crippen LogP contribution >= 0.6 is 0 Å². The minimum absolute atomic E-state index is 0.215. The Morgan fingerprint density at radius 2 is 2.21 bits per heavy atom. The number of para-hydroxylation sites is 1. The monoisotopic (exact) mass is 322 g/mol. The molecule has 1 amide bonds. The Balaban J connectivity index is 1.52. The average molecular weight is 322 g/mol. The topological polar surface area (TPSA) is 64.8 Å². The number of carbonyl (C=O) groups is 1. The first-order valence-electron chi connectivity index (χ1n) is 8.55. The molecule has 1 atom stereocenters. The van der Waals surface area contributed by atoms with Gasteiger partial charge in [0.15, 0.2) is 0 Å². The number of piperidine rings is 1. The van der Waals surface area contributed by atoms with Crippen molar-refractivity contribution in [3.63, 3.8) is 0 Å². The Labute approximate surface area is 141 Å². The molecule has 3 heterocycles. The van der Waals surface area contributed by atoms with E-state index in [0.29, 0.717) is 12.3 Å². The van der Waals surface area contributed by atoms with Gasteiger partial charge in [-0.3, -0.25) is 9.89 Å². The zero-order valence-electron chi connectivity index (χ0n) is 13.9. The van der Waals surface area contributed by atoms with Crippen LogP contribution in [0.2, 0.25) is 0 Å². The van der Waals surface area contributed by atoms with E-state index in [1.54, 1.807) is 6.20 Å². The third-order valence-electron chi connectivity index (χ3n) is 5.09. The number of rotatable bonds is 3. The molecular weight excluding hydrogens is 300 g/mol. The molecule has 1 aromatic carbocycles. The molecule has 1 aliphatic rings. The number of nitrogens with zero attached hydrogens (tertiary/aromatic N) is 2. The van der Waals surface area contributed by atoms with E-state index in [4.69, 9.17) is 0 Å². The molecule has 124 valence electrons. The minimum atomic E-state index is 0.215. The summed E-state index contributed by atoms with van der Waals surface area (Å²) in [5.74, 6) is 0.585. The maximum Gasteiger partial charge on any atom is 0.227 e. The van der Waals surface area contributed by atoms with E-state index in [1.807, 2.05) is 30.0 Å². The second kappa shape index (κ2) is 6.15. The zero-order chi connectivity index (χ0) is 16.5. The number of carbonyl (C=O) groups excluding carboxylic acids is 1. The van der Waals surface area contributed by atoms with Crippen LogP contribution in [0, 0.1) is 6.92 Å². The fraction of sp³-hybridized carbons (Fsp3) is 0.368. The van der Waals surface area contributed by atoms with Crippen molar-refractivity contribution in [1.82, 2.24) is 20.1 Å². The number of hydrogen-bond acceptors (Lipinski definition) is 2. The van der Waals surface area contributed by atoms with Gasteiger partial charge in [-0.25, -0.2) is 0 Å². The maximum atomic E-state index is 12.9. The standard InChI is InChI=1S/C19H22N4O/c1-13-16(15-6-2-3-7-18(15)21-13)11-19(24)23-10-4-5-14(12-23)17-8-9-20-22-17/h2-3,6-9,14,21H,4-5,10-12H2,1H3,(H,20,22)/t14-/m1/s1. The number of nitrogens with one attached hydrogen (secondary N) is 2. The smallest absolute Gasteiger partial charge is 0.227 e. The number of aromatic nitrogens is 3. The molecule has 0 aliphatic carbocycles. The van der Waals surface area contributed by atoms with Gasteiger partial charge in [0.1, 0.15) is 0 Å². The van der Waals surface area contributed by atoms with Crippen molar-refractivity contribution in [2.24, 2.45) is 0 Å². The molecule has 0 unspecified atom stereocenters. The summed E-state index contributed by atoms with van der Waals surface area (Å²) in [6.07, 6.45) is 4.40. The highest BCUT2D eigenvalue weighted by molar-refractivity contribution is 5.90. The lowest BCUT2D eigenvalue weighted by atomic mass is 9.94. The first kappa shape index (κ1) is 15.0.